The van der Waals surface area contributed by atoms with Crippen molar-refractivity contribution in [3.05, 3.63) is 54.2 Å². The van der Waals surface area contributed by atoms with E-state index in [1.54, 1.807) is 7.11 Å². The fraction of sp³-hybridized carbons (Fsp3) is 0.125. The Balaban J connectivity index is 2.11. The van der Waals surface area contributed by atoms with Gasteiger partial charge in [-0.1, -0.05) is 18.2 Å². The van der Waals surface area contributed by atoms with E-state index in [0.717, 1.165) is 33.6 Å². The van der Waals surface area contributed by atoms with Crippen molar-refractivity contribution < 1.29 is 4.74 Å². The van der Waals surface area contributed by atoms with Crippen LogP contribution in [0.15, 0.2) is 48.7 Å². The molecule has 0 amide bonds. The summed E-state index contributed by atoms with van der Waals surface area (Å²) in [5, 5.41) is 1.07. The van der Waals surface area contributed by atoms with E-state index in [0.29, 0.717) is 0 Å². The molecule has 0 aliphatic rings. The predicted octanol–water partition coefficient (Wildman–Crippen LogP) is 3.61. The van der Waals surface area contributed by atoms with Crippen molar-refractivity contribution >= 4 is 10.9 Å². The first-order valence-electron chi connectivity index (χ1n) is 6.15. The second kappa shape index (κ2) is 4.69. The Kier molecular flexibility index (Phi) is 2.88. The number of rotatable bonds is 2. The van der Waals surface area contributed by atoms with Crippen LogP contribution in [-0.4, -0.2) is 17.1 Å². The maximum Gasteiger partial charge on any atom is 0.159 e. The molecular weight excluding hydrogens is 236 g/mol. The summed E-state index contributed by atoms with van der Waals surface area (Å²) in [6.45, 7) is 2.06. The summed E-state index contributed by atoms with van der Waals surface area (Å²) in [5.74, 6) is 1.57. The van der Waals surface area contributed by atoms with Gasteiger partial charge in [-0.2, -0.15) is 0 Å². The molecule has 0 aliphatic heterocycles. The molecule has 2 aromatic carbocycles. The van der Waals surface area contributed by atoms with Crippen molar-refractivity contribution in [1.82, 2.24) is 9.97 Å². The standard InChI is InChI=1S/C16H14N2O/c1-11-4-3-5-13-10-17-16(18-15(11)13)12-6-8-14(19-2)9-7-12/h3-10H,1-2H3. The van der Waals surface area contributed by atoms with E-state index in [2.05, 4.69) is 23.0 Å². The largest absolute Gasteiger partial charge is 0.497 e. The van der Waals surface area contributed by atoms with Gasteiger partial charge in [0.25, 0.3) is 0 Å². The van der Waals surface area contributed by atoms with E-state index in [1.807, 2.05) is 42.6 Å². The van der Waals surface area contributed by atoms with Crippen LogP contribution in [0.4, 0.5) is 0 Å². The summed E-state index contributed by atoms with van der Waals surface area (Å²) in [6, 6.07) is 13.9. The van der Waals surface area contributed by atoms with Crippen LogP contribution >= 0.6 is 0 Å². The number of aryl methyl sites for hydroxylation is 1. The summed E-state index contributed by atoms with van der Waals surface area (Å²) >= 11 is 0. The van der Waals surface area contributed by atoms with Gasteiger partial charge >= 0.3 is 0 Å². The summed E-state index contributed by atoms with van der Waals surface area (Å²) < 4.78 is 5.15. The van der Waals surface area contributed by atoms with E-state index in [4.69, 9.17) is 4.74 Å². The molecule has 19 heavy (non-hydrogen) atoms. The van der Waals surface area contributed by atoms with Crippen LogP contribution in [0.1, 0.15) is 5.56 Å². The molecule has 0 atom stereocenters. The monoisotopic (exact) mass is 250 g/mol. The maximum absolute atomic E-state index is 5.15. The van der Waals surface area contributed by atoms with Crippen LogP contribution in [0, 0.1) is 6.92 Å². The fourth-order valence-corrected chi connectivity index (χ4v) is 2.08. The molecule has 0 saturated carbocycles. The van der Waals surface area contributed by atoms with Gasteiger partial charge in [-0.05, 0) is 36.8 Å². The minimum absolute atomic E-state index is 0.740. The molecule has 1 heterocycles. The first-order chi connectivity index (χ1) is 9.28. The second-order valence-electron chi connectivity index (χ2n) is 4.43. The van der Waals surface area contributed by atoms with Crippen LogP contribution in [-0.2, 0) is 0 Å². The number of benzene rings is 2. The zero-order valence-corrected chi connectivity index (χ0v) is 10.9. The van der Waals surface area contributed by atoms with Gasteiger partial charge in [-0.25, -0.2) is 9.97 Å². The van der Waals surface area contributed by atoms with E-state index in [9.17, 15) is 0 Å². The molecule has 94 valence electrons. The third kappa shape index (κ3) is 2.15. The Hall–Kier alpha value is -2.42. The summed E-state index contributed by atoms with van der Waals surface area (Å²) in [7, 11) is 1.66. The average Bonchev–Trinajstić information content (AvgIpc) is 2.47. The van der Waals surface area contributed by atoms with Crippen molar-refractivity contribution in [3.63, 3.8) is 0 Å². The topological polar surface area (TPSA) is 35.0 Å². The molecule has 3 rings (SSSR count). The van der Waals surface area contributed by atoms with Gasteiger partial charge in [0.05, 0.1) is 12.6 Å². The molecular formula is C16H14N2O. The molecule has 3 heteroatoms. The smallest absolute Gasteiger partial charge is 0.159 e. The van der Waals surface area contributed by atoms with Crippen molar-refractivity contribution in [2.45, 2.75) is 6.92 Å². The van der Waals surface area contributed by atoms with E-state index in [-0.39, 0.29) is 0 Å². The van der Waals surface area contributed by atoms with Gasteiger partial charge in [-0.3, -0.25) is 0 Å². The van der Waals surface area contributed by atoms with Crippen LogP contribution < -0.4 is 4.74 Å². The lowest BCUT2D eigenvalue weighted by atomic mass is 10.1. The lowest BCUT2D eigenvalue weighted by Crippen LogP contribution is -1.92. The molecule has 0 unspecified atom stereocenters. The first kappa shape index (κ1) is 11.7. The highest BCUT2D eigenvalue weighted by Crippen LogP contribution is 2.22. The summed E-state index contributed by atoms with van der Waals surface area (Å²) in [4.78, 5) is 9.07. The predicted molar refractivity (Wildman–Crippen MR) is 76.3 cm³/mol. The van der Waals surface area contributed by atoms with Gasteiger partial charge in [0, 0.05) is 17.1 Å². The Morgan fingerprint density at radius 1 is 1.00 bits per heavy atom. The Bertz CT molecular complexity index is 720. The van der Waals surface area contributed by atoms with Crippen LogP contribution in [0.25, 0.3) is 22.3 Å². The molecule has 0 saturated heterocycles. The highest BCUT2D eigenvalue weighted by Gasteiger charge is 2.04. The number of ether oxygens (including phenoxy) is 1. The minimum Gasteiger partial charge on any atom is -0.497 e. The average molecular weight is 250 g/mol. The number of aromatic nitrogens is 2. The molecule has 0 radical (unpaired) electrons. The number of hydrogen-bond donors (Lipinski definition) is 0. The minimum atomic E-state index is 0.740. The number of hydrogen-bond acceptors (Lipinski definition) is 3. The van der Waals surface area contributed by atoms with Crippen LogP contribution in [0.5, 0.6) is 5.75 Å². The zero-order chi connectivity index (χ0) is 13.2. The second-order valence-corrected chi connectivity index (χ2v) is 4.43. The summed E-state index contributed by atoms with van der Waals surface area (Å²) in [5.41, 5.74) is 3.16. The summed E-state index contributed by atoms with van der Waals surface area (Å²) in [6.07, 6.45) is 1.87. The molecule has 0 aliphatic carbocycles. The van der Waals surface area contributed by atoms with Crippen LogP contribution in [0.3, 0.4) is 0 Å². The third-order valence-electron chi connectivity index (χ3n) is 3.16. The van der Waals surface area contributed by atoms with Crippen molar-refractivity contribution in [3.8, 4) is 17.1 Å². The number of fused-ring (bicyclic) bond motifs is 1. The number of nitrogens with zero attached hydrogens (tertiary/aromatic N) is 2. The molecule has 0 N–H and O–H groups in total. The molecule has 0 fully saturated rings. The van der Waals surface area contributed by atoms with E-state index < -0.39 is 0 Å². The normalized spacial score (nSPS) is 10.6. The van der Waals surface area contributed by atoms with Gasteiger partial charge in [0.1, 0.15) is 5.75 Å². The van der Waals surface area contributed by atoms with Crippen LogP contribution in [0.2, 0.25) is 0 Å². The lowest BCUT2D eigenvalue weighted by molar-refractivity contribution is 0.415. The number of methoxy groups -OCH3 is 1. The highest BCUT2D eigenvalue weighted by molar-refractivity contribution is 5.82. The Morgan fingerprint density at radius 2 is 1.79 bits per heavy atom. The van der Waals surface area contributed by atoms with E-state index >= 15 is 0 Å². The fourth-order valence-electron chi connectivity index (χ4n) is 2.08. The molecule has 1 aromatic heterocycles. The Morgan fingerprint density at radius 3 is 2.53 bits per heavy atom. The molecule has 3 aromatic rings. The van der Waals surface area contributed by atoms with Crippen molar-refractivity contribution in [2.24, 2.45) is 0 Å². The highest BCUT2D eigenvalue weighted by atomic mass is 16.5. The Labute approximate surface area is 111 Å². The van der Waals surface area contributed by atoms with Crippen molar-refractivity contribution in [2.75, 3.05) is 7.11 Å². The lowest BCUT2D eigenvalue weighted by Gasteiger charge is -2.05. The van der Waals surface area contributed by atoms with Gasteiger partial charge in [-0.15, -0.1) is 0 Å². The quantitative estimate of drug-likeness (QED) is 0.696. The molecule has 0 bridgehead atoms. The maximum atomic E-state index is 5.15. The third-order valence-corrected chi connectivity index (χ3v) is 3.16. The van der Waals surface area contributed by atoms with Gasteiger partial charge < -0.3 is 4.74 Å². The van der Waals surface area contributed by atoms with E-state index in [1.165, 1.54) is 0 Å². The number of para-hydroxylation sites is 1. The molecule has 3 nitrogen and oxygen atoms in total. The first-order valence-corrected chi connectivity index (χ1v) is 6.15. The molecule has 0 spiro atoms. The zero-order valence-electron chi connectivity index (χ0n) is 10.9. The SMILES string of the molecule is COc1ccc(-c2ncc3cccc(C)c3n2)cc1. The van der Waals surface area contributed by atoms with Gasteiger partial charge in [0.2, 0.25) is 0 Å². The van der Waals surface area contributed by atoms with Gasteiger partial charge in [0.15, 0.2) is 5.82 Å². The van der Waals surface area contributed by atoms with Crippen molar-refractivity contribution in [1.29, 1.82) is 0 Å².